The average molecular weight is 161 g/mol. The summed E-state index contributed by atoms with van der Waals surface area (Å²) in [5, 5.41) is 0. The second kappa shape index (κ2) is 4.67. The van der Waals surface area contributed by atoms with Crippen LogP contribution in [0.2, 0.25) is 0 Å². The third kappa shape index (κ3) is 2.75. The van der Waals surface area contributed by atoms with Gasteiger partial charge in [0.15, 0.2) is 0 Å². The van der Waals surface area contributed by atoms with Crippen LogP contribution in [0.4, 0.5) is 4.39 Å². The quantitative estimate of drug-likeness (QED) is 0.676. The summed E-state index contributed by atoms with van der Waals surface area (Å²) >= 11 is 0. The zero-order valence-corrected chi connectivity index (χ0v) is 6.76. The molecule has 1 fully saturated rings. The molecule has 2 nitrogen and oxygen atoms in total. The van der Waals surface area contributed by atoms with Crippen LogP contribution in [-0.2, 0) is 4.74 Å². The number of nitrogens with two attached hydrogens (primary N) is 1. The molecule has 0 radical (unpaired) electrons. The Hall–Kier alpha value is -0.150. The molecule has 1 aliphatic carbocycles. The highest BCUT2D eigenvalue weighted by molar-refractivity contribution is 4.75. The Balaban J connectivity index is 2.18. The lowest BCUT2D eigenvalue weighted by molar-refractivity contribution is -0.0207. The number of ether oxygens (including phenoxy) is 1. The highest BCUT2D eigenvalue weighted by atomic mass is 19.1. The molecular formula is C8H16FNO. The summed E-state index contributed by atoms with van der Waals surface area (Å²) < 4.78 is 18.2. The van der Waals surface area contributed by atoms with Crippen molar-refractivity contribution in [2.24, 2.45) is 5.73 Å². The zero-order valence-electron chi connectivity index (χ0n) is 6.76. The molecule has 3 heteroatoms. The molecule has 2 unspecified atom stereocenters. The van der Waals surface area contributed by atoms with Gasteiger partial charge in [0, 0.05) is 6.54 Å². The van der Waals surface area contributed by atoms with Gasteiger partial charge in [0.25, 0.3) is 0 Å². The van der Waals surface area contributed by atoms with Crippen molar-refractivity contribution in [2.45, 2.75) is 38.0 Å². The molecule has 0 saturated heterocycles. The van der Waals surface area contributed by atoms with Crippen LogP contribution >= 0.6 is 0 Å². The average Bonchev–Trinajstić information content (AvgIpc) is 2.03. The van der Waals surface area contributed by atoms with Crippen LogP contribution in [0.1, 0.15) is 25.7 Å². The number of alkyl halides is 1. The van der Waals surface area contributed by atoms with Crippen LogP contribution in [0.5, 0.6) is 0 Å². The standard InChI is InChI=1S/C8H16FNO/c9-7-3-1-2-4-8(7)11-6-5-10/h7-8H,1-6,10H2. The van der Waals surface area contributed by atoms with E-state index < -0.39 is 6.17 Å². The van der Waals surface area contributed by atoms with Crippen molar-refractivity contribution in [3.63, 3.8) is 0 Å². The summed E-state index contributed by atoms with van der Waals surface area (Å²) in [7, 11) is 0. The number of hydrogen-bond donors (Lipinski definition) is 1. The second-order valence-electron chi connectivity index (χ2n) is 3.00. The molecule has 0 amide bonds. The molecule has 1 rings (SSSR count). The minimum Gasteiger partial charge on any atom is -0.374 e. The third-order valence-corrected chi connectivity index (χ3v) is 2.07. The molecule has 2 N–H and O–H groups in total. The molecule has 0 heterocycles. The Morgan fingerprint density at radius 3 is 2.73 bits per heavy atom. The van der Waals surface area contributed by atoms with Crippen LogP contribution < -0.4 is 5.73 Å². The Morgan fingerprint density at radius 1 is 1.36 bits per heavy atom. The summed E-state index contributed by atoms with van der Waals surface area (Å²) in [6.07, 6.45) is 2.69. The van der Waals surface area contributed by atoms with E-state index in [1.165, 1.54) is 0 Å². The smallest absolute Gasteiger partial charge is 0.126 e. The van der Waals surface area contributed by atoms with Gasteiger partial charge in [-0.3, -0.25) is 0 Å². The minimum atomic E-state index is -0.754. The molecule has 0 aromatic rings. The molecule has 1 saturated carbocycles. The predicted molar refractivity (Wildman–Crippen MR) is 42.2 cm³/mol. The topological polar surface area (TPSA) is 35.2 Å². The van der Waals surface area contributed by atoms with Gasteiger partial charge in [-0.15, -0.1) is 0 Å². The van der Waals surface area contributed by atoms with E-state index in [0.29, 0.717) is 19.6 Å². The zero-order chi connectivity index (χ0) is 8.10. The second-order valence-corrected chi connectivity index (χ2v) is 3.00. The van der Waals surface area contributed by atoms with Crippen LogP contribution in [0.25, 0.3) is 0 Å². The lowest BCUT2D eigenvalue weighted by Gasteiger charge is -2.25. The Morgan fingerprint density at radius 2 is 2.09 bits per heavy atom. The first-order valence-corrected chi connectivity index (χ1v) is 4.30. The molecule has 1 aliphatic rings. The summed E-state index contributed by atoms with van der Waals surface area (Å²) in [6, 6.07) is 0. The number of rotatable bonds is 3. The van der Waals surface area contributed by atoms with E-state index in [-0.39, 0.29) is 6.10 Å². The summed E-state index contributed by atoms with van der Waals surface area (Å²) in [6.45, 7) is 0.980. The van der Waals surface area contributed by atoms with Crippen molar-refractivity contribution in [3.8, 4) is 0 Å². The van der Waals surface area contributed by atoms with Crippen molar-refractivity contribution in [3.05, 3.63) is 0 Å². The molecule has 0 bridgehead atoms. The Labute approximate surface area is 66.9 Å². The summed E-state index contributed by atoms with van der Waals surface area (Å²) in [4.78, 5) is 0. The normalized spacial score (nSPS) is 32.2. The van der Waals surface area contributed by atoms with E-state index in [1.807, 2.05) is 0 Å². The van der Waals surface area contributed by atoms with E-state index in [2.05, 4.69) is 0 Å². The predicted octanol–water partition coefficient (Wildman–Crippen LogP) is 1.24. The SMILES string of the molecule is NCCOC1CCCCC1F. The molecule has 2 atom stereocenters. The van der Waals surface area contributed by atoms with Crippen molar-refractivity contribution in [2.75, 3.05) is 13.2 Å². The molecule has 66 valence electrons. The molecule has 0 aromatic carbocycles. The lowest BCUT2D eigenvalue weighted by atomic mass is 9.96. The van der Waals surface area contributed by atoms with E-state index >= 15 is 0 Å². The van der Waals surface area contributed by atoms with Gasteiger partial charge in [0.2, 0.25) is 0 Å². The van der Waals surface area contributed by atoms with Crippen molar-refractivity contribution >= 4 is 0 Å². The number of halogens is 1. The van der Waals surface area contributed by atoms with E-state index in [4.69, 9.17) is 10.5 Å². The van der Waals surface area contributed by atoms with Gasteiger partial charge in [0.05, 0.1) is 12.7 Å². The number of hydrogen-bond acceptors (Lipinski definition) is 2. The first-order chi connectivity index (χ1) is 5.34. The lowest BCUT2D eigenvalue weighted by Crippen LogP contribution is -2.30. The van der Waals surface area contributed by atoms with Crippen LogP contribution in [0, 0.1) is 0 Å². The van der Waals surface area contributed by atoms with Crippen molar-refractivity contribution < 1.29 is 9.13 Å². The minimum absolute atomic E-state index is 0.174. The van der Waals surface area contributed by atoms with Gasteiger partial charge < -0.3 is 10.5 Å². The third-order valence-electron chi connectivity index (χ3n) is 2.07. The maximum absolute atomic E-state index is 13.0. The molecule has 0 aromatic heterocycles. The highest BCUT2D eigenvalue weighted by Gasteiger charge is 2.24. The van der Waals surface area contributed by atoms with Crippen LogP contribution in [0.15, 0.2) is 0 Å². The van der Waals surface area contributed by atoms with E-state index in [0.717, 1.165) is 19.3 Å². The van der Waals surface area contributed by atoms with Crippen LogP contribution in [-0.4, -0.2) is 25.4 Å². The fraction of sp³-hybridized carbons (Fsp3) is 1.00. The van der Waals surface area contributed by atoms with E-state index in [9.17, 15) is 4.39 Å². The monoisotopic (exact) mass is 161 g/mol. The van der Waals surface area contributed by atoms with Gasteiger partial charge in [-0.1, -0.05) is 12.8 Å². The maximum atomic E-state index is 13.0. The Kier molecular flexibility index (Phi) is 3.80. The van der Waals surface area contributed by atoms with Crippen molar-refractivity contribution in [1.29, 1.82) is 0 Å². The van der Waals surface area contributed by atoms with Crippen molar-refractivity contribution in [1.82, 2.24) is 0 Å². The first kappa shape index (κ1) is 8.94. The molecular weight excluding hydrogens is 145 g/mol. The van der Waals surface area contributed by atoms with Crippen LogP contribution in [0.3, 0.4) is 0 Å². The van der Waals surface area contributed by atoms with Gasteiger partial charge in [-0.2, -0.15) is 0 Å². The highest BCUT2D eigenvalue weighted by Crippen LogP contribution is 2.23. The van der Waals surface area contributed by atoms with Gasteiger partial charge in [-0.25, -0.2) is 4.39 Å². The summed E-state index contributed by atoms with van der Waals surface area (Å²) in [5.41, 5.74) is 5.24. The van der Waals surface area contributed by atoms with E-state index in [1.54, 1.807) is 0 Å². The molecule has 11 heavy (non-hydrogen) atoms. The molecule has 0 aliphatic heterocycles. The summed E-state index contributed by atoms with van der Waals surface area (Å²) in [5.74, 6) is 0. The van der Waals surface area contributed by atoms with Gasteiger partial charge >= 0.3 is 0 Å². The first-order valence-electron chi connectivity index (χ1n) is 4.30. The Bertz CT molecular complexity index is 110. The molecule has 0 spiro atoms. The maximum Gasteiger partial charge on any atom is 0.126 e. The van der Waals surface area contributed by atoms with Gasteiger partial charge in [-0.05, 0) is 12.8 Å². The fourth-order valence-electron chi connectivity index (χ4n) is 1.46. The fourth-order valence-corrected chi connectivity index (χ4v) is 1.46. The largest absolute Gasteiger partial charge is 0.374 e. The van der Waals surface area contributed by atoms with Gasteiger partial charge in [0.1, 0.15) is 6.17 Å².